The van der Waals surface area contributed by atoms with Crippen LogP contribution in [0.2, 0.25) is 0 Å². The molecule has 0 spiro atoms. The van der Waals surface area contributed by atoms with E-state index >= 15 is 0 Å². The molecule has 0 aromatic rings. The summed E-state index contributed by atoms with van der Waals surface area (Å²) >= 11 is 0. The van der Waals surface area contributed by atoms with Gasteiger partial charge < -0.3 is 15.5 Å². The molecule has 5 nitrogen and oxygen atoms in total. The number of hydrogen-bond acceptors (Lipinski definition) is 4. The minimum atomic E-state index is -0.711. The lowest BCUT2D eigenvalue weighted by Gasteiger charge is -2.25. The number of carbonyl (C=O) groups excluding carboxylic acids is 1. The van der Waals surface area contributed by atoms with Crippen LogP contribution in [0.25, 0.3) is 0 Å². The van der Waals surface area contributed by atoms with E-state index in [-0.39, 0.29) is 23.8 Å². The molecule has 116 valence electrons. The van der Waals surface area contributed by atoms with Crippen molar-refractivity contribution in [3.63, 3.8) is 0 Å². The summed E-state index contributed by atoms with van der Waals surface area (Å²) in [6.07, 6.45) is 4.48. The fourth-order valence-electron chi connectivity index (χ4n) is 1.56. The van der Waals surface area contributed by atoms with Crippen molar-refractivity contribution in [3.8, 4) is 0 Å². The second kappa shape index (κ2) is 6.59. The molecule has 20 heavy (non-hydrogen) atoms. The first-order valence-electron chi connectivity index (χ1n) is 7.23. The van der Waals surface area contributed by atoms with Gasteiger partial charge in [0, 0.05) is 6.61 Å². The predicted molar refractivity (Wildman–Crippen MR) is 79.1 cm³/mol. The average Bonchev–Trinajstić information content (AvgIpc) is 3.18. The van der Waals surface area contributed by atoms with Crippen molar-refractivity contribution in [2.24, 2.45) is 11.3 Å². The molecule has 0 aromatic heterocycles. The van der Waals surface area contributed by atoms with E-state index in [9.17, 15) is 9.90 Å². The number of amides is 1. The molecule has 0 aliphatic heterocycles. The van der Waals surface area contributed by atoms with Gasteiger partial charge in [-0.05, 0) is 57.1 Å². The summed E-state index contributed by atoms with van der Waals surface area (Å²) in [5.74, 6) is 0.281. The SMILES string of the molecule is CC(C)(CO)C/C=C(\O)NC(=O)C(C)(C)NCC1CC1. The number of aliphatic hydroxyl groups excluding tert-OH is 2. The zero-order valence-electron chi connectivity index (χ0n) is 13.0. The van der Waals surface area contributed by atoms with Crippen molar-refractivity contribution in [3.05, 3.63) is 12.0 Å². The lowest BCUT2D eigenvalue weighted by atomic mass is 9.90. The zero-order valence-corrected chi connectivity index (χ0v) is 13.0. The third kappa shape index (κ3) is 5.92. The number of rotatable bonds is 8. The predicted octanol–water partition coefficient (Wildman–Crippen LogP) is 1.69. The third-order valence-corrected chi connectivity index (χ3v) is 3.61. The van der Waals surface area contributed by atoms with Crippen molar-refractivity contribution in [1.82, 2.24) is 10.6 Å². The summed E-state index contributed by atoms with van der Waals surface area (Å²) in [6, 6.07) is 0. The van der Waals surface area contributed by atoms with Gasteiger partial charge in [0.15, 0.2) is 5.88 Å². The second-order valence-electron chi connectivity index (χ2n) is 7.02. The molecule has 0 heterocycles. The van der Waals surface area contributed by atoms with Crippen LogP contribution in [-0.2, 0) is 4.79 Å². The topological polar surface area (TPSA) is 81.6 Å². The summed E-state index contributed by atoms with van der Waals surface area (Å²) in [7, 11) is 0. The van der Waals surface area contributed by atoms with Crippen LogP contribution in [0.3, 0.4) is 0 Å². The molecule has 1 saturated carbocycles. The Morgan fingerprint density at radius 3 is 2.40 bits per heavy atom. The highest BCUT2D eigenvalue weighted by molar-refractivity contribution is 5.86. The largest absolute Gasteiger partial charge is 0.495 e. The Bertz CT molecular complexity index is 371. The molecule has 5 heteroatoms. The zero-order chi connectivity index (χ0) is 15.4. The van der Waals surface area contributed by atoms with Gasteiger partial charge in [-0.3, -0.25) is 10.1 Å². The molecule has 0 radical (unpaired) electrons. The first-order valence-corrected chi connectivity index (χ1v) is 7.23. The maximum atomic E-state index is 12.1. The molecule has 0 aromatic carbocycles. The van der Waals surface area contributed by atoms with E-state index in [2.05, 4.69) is 10.6 Å². The number of nitrogens with one attached hydrogen (secondary N) is 2. The van der Waals surface area contributed by atoms with E-state index in [0.717, 1.165) is 6.54 Å². The number of carbonyl (C=O) groups is 1. The maximum absolute atomic E-state index is 12.1. The fraction of sp³-hybridized carbons (Fsp3) is 0.800. The van der Waals surface area contributed by atoms with Crippen molar-refractivity contribution in [1.29, 1.82) is 0 Å². The van der Waals surface area contributed by atoms with Gasteiger partial charge in [-0.1, -0.05) is 13.8 Å². The van der Waals surface area contributed by atoms with Crippen LogP contribution in [0, 0.1) is 11.3 Å². The van der Waals surface area contributed by atoms with Gasteiger partial charge >= 0.3 is 0 Å². The van der Waals surface area contributed by atoms with Crippen LogP contribution in [0.4, 0.5) is 0 Å². The summed E-state index contributed by atoms with van der Waals surface area (Å²) in [5, 5.41) is 24.6. The molecule has 0 saturated heterocycles. The van der Waals surface area contributed by atoms with E-state index < -0.39 is 5.54 Å². The van der Waals surface area contributed by atoms with Crippen LogP contribution in [0.5, 0.6) is 0 Å². The number of hydrogen-bond donors (Lipinski definition) is 4. The first kappa shape index (κ1) is 17.0. The van der Waals surface area contributed by atoms with E-state index in [1.54, 1.807) is 13.8 Å². The minimum Gasteiger partial charge on any atom is -0.495 e. The monoisotopic (exact) mass is 284 g/mol. The van der Waals surface area contributed by atoms with Gasteiger partial charge in [0.25, 0.3) is 0 Å². The average molecular weight is 284 g/mol. The van der Waals surface area contributed by atoms with Crippen LogP contribution in [0.15, 0.2) is 12.0 Å². The Labute approximate surface area is 121 Å². The highest BCUT2D eigenvalue weighted by atomic mass is 16.3. The summed E-state index contributed by atoms with van der Waals surface area (Å²) < 4.78 is 0. The molecule has 4 N–H and O–H groups in total. The Morgan fingerprint density at radius 1 is 1.30 bits per heavy atom. The smallest absolute Gasteiger partial charge is 0.246 e. The summed E-state index contributed by atoms with van der Waals surface area (Å²) in [5.41, 5.74) is -1.02. The fourth-order valence-corrected chi connectivity index (χ4v) is 1.56. The van der Waals surface area contributed by atoms with Gasteiger partial charge in [0.2, 0.25) is 5.91 Å². The molecule has 0 bridgehead atoms. The van der Waals surface area contributed by atoms with E-state index in [4.69, 9.17) is 5.11 Å². The Morgan fingerprint density at radius 2 is 1.90 bits per heavy atom. The van der Waals surface area contributed by atoms with Crippen LogP contribution < -0.4 is 10.6 Å². The van der Waals surface area contributed by atoms with Gasteiger partial charge in [0.05, 0.1) is 5.54 Å². The van der Waals surface area contributed by atoms with E-state index in [0.29, 0.717) is 12.3 Å². The Balaban J connectivity index is 2.44. The number of allylic oxidation sites excluding steroid dienone is 1. The first-order chi connectivity index (χ1) is 9.16. The minimum absolute atomic E-state index is 0.0269. The van der Waals surface area contributed by atoms with Crippen molar-refractivity contribution in [2.45, 2.75) is 52.5 Å². The van der Waals surface area contributed by atoms with E-state index in [1.165, 1.54) is 18.9 Å². The second-order valence-corrected chi connectivity index (χ2v) is 7.02. The molecule has 0 unspecified atom stereocenters. The van der Waals surface area contributed by atoms with Crippen LogP contribution in [-0.4, -0.2) is 34.8 Å². The lowest BCUT2D eigenvalue weighted by molar-refractivity contribution is -0.126. The third-order valence-electron chi connectivity index (χ3n) is 3.61. The highest BCUT2D eigenvalue weighted by Crippen LogP contribution is 2.28. The quantitative estimate of drug-likeness (QED) is 0.511. The molecule has 1 aliphatic carbocycles. The summed E-state index contributed by atoms with van der Waals surface area (Å²) in [4.78, 5) is 12.1. The lowest BCUT2D eigenvalue weighted by Crippen LogP contribution is -2.52. The van der Waals surface area contributed by atoms with Gasteiger partial charge in [0.1, 0.15) is 0 Å². The highest BCUT2D eigenvalue weighted by Gasteiger charge is 2.31. The van der Waals surface area contributed by atoms with Crippen LogP contribution >= 0.6 is 0 Å². The van der Waals surface area contributed by atoms with Gasteiger partial charge in [-0.25, -0.2) is 0 Å². The molecule has 1 rings (SSSR count). The molecule has 1 fully saturated rings. The Kier molecular flexibility index (Phi) is 5.59. The summed E-state index contributed by atoms with van der Waals surface area (Å²) in [6.45, 7) is 8.24. The molecule has 1 aliphatic rings. The number of aliphatic hydroxyl groups is 2. The standard InChI is InChI=1S/C15H28N2O3/c1-14(2,10-18)8-7-12(19)17-13(20)15(3,4)16-9-11-5-6-11/h7,11,16,18-19H,5-6,8-10H2,1-4H3,(H,17,20)/b12-7-. The maximum Gasteiger partial charge on any atom is 0.246 e. The Hall–Kier alpha value is -1.07. The van der Waals surface area contributed by atoms with Crippen molar-refractivity contribution >= 4 is 5.91 Å². The normalized spacial score (nSPS) is 17.1. The van der Waals surface area contributed by atoms with Gasteiger partial charge in [-0.15, -0.1) is 0 Å². The van der Waals surface area contributed by atoms with Gasteiger partial charge in [-0.2, -0.15) is 0 Å². The van der Waals surface area contributed by atoms with Crippen molar-refractivity contribution in [2.75, 3.05) is 13.2 Å². The molecule has 0 atom stereocenters. The van der Waals surface area contributed by atoms with Crippen LogP contribution in [0.1, 0.15) is 47.0 Å². The molecule has 1 amide bonds. The van der Waals surface area contributed by atoms with Crippen molar-refractivity contribution < 1.29 is 15.0 Å². The molecular formula is C15H28N2O3. The van der Waals surface area contributed by atoms with E-state index in [1.807, 2.05) is 13.8 Å². The molecular weight excluding hydrogens is 256 g/mol.